The number of pyridine rings is 1. The largest absolute Gasteiger partial charge is 0.361 e. The Morgan fingerprint density at radius 1 is 1.21 bits per heavy atom. The van der Waals surface area contributed by atoms with Crippen LogP contribution in [0.4, 0.5) is 17.6 Å². The molecule has 0 saturated heterocycles. The highest BCUT2D eigenvalue weighted by atomic mass is 19.3. The zero-order chi connectivity index (χ0) is 25.1. The second-order valence-corrected chi connectivity index (χ2v) is 8.30. The number of nitrogens with zero attached hydrogens (tertiary/aromatic N) is 6. The van der Waals surface area contributed by atoms with E-state index in [-0.39, 0.29) is 29.6 Å². The van der Waals surface area contributed by atoms with Crippen LogP contribution in [0, 0.1) is 19.8 Å². The summed E-state index contributed by atoms with van der Waals surface area (Å²) < 4.78 is 78.4. The summed E-state index contributed by atoms with van der Waals surface area (Å²) in [7, 11) is 0. The van der Waals surface area contributed by atoms with Crippen molar-refractivity contribution < 1.29 is 24.8 Å². The summed E-state index contributed by atoms with van der Waals surface area (Å²) in [6, 6.07) is 1.68. The second-order valence-electron chi connectivity index (χ2n) is 8.30. The molecule has 0 N–H and O–H groups in total. The Balaban J connectivity index is 1.68. The molecule has 1 fully saturated rings. The third-order valence-electron chi connectivity index (χ3n) is 5.94. The Kier molecular flexibility index (Phi) is 4.64. The number of hydrogen-bond donors (Lipinski definition) is 0. The van der Waals surface area contributed by atoms with E-state index in [0.717, 1.165) is 10.9 Å². The van der Waals surface area contributed by atoms with Crippen molar-refractivity contribution in [2.75, 3.05) is 0 Å². The van der Waals surface area contributed by atoms with E-state index in [1.165, 1.54) is 6.20 Å². The summed E-state index contributed by atoms with van der Waals surface area (Å²) >= 11 is 0. The standard InChI is InChI=1S/C22H22F4N6O/c1-12-18(13(2)33-30-12)15-7-17-20(27-8-15)19(16-9-28-32(11-16)21(23)24)29-31(17)10-14-3-5-22(25,26)6-4-14/h7-9,11,14,21H,3-6,10H2,1-2H3/i10D2. The minimum atomic E-state index is -2.86. The molecule has 0 bridgehead atoms. The fourth-order valence-electron chi connectivity index (χ4n) is 4.23. The van der Waals surface area contributed by atoms with E-state index in [1.54, 1.807) is 26.1 Å². The van der Waals surface area contributed by atoms with Crippen molar-refractivity contribution in [1.82, 2.24) is 29.7 Å². The molecule has 1 saturated carbocycles. The van der Waals surface area contributed by atoms with Gasteiger partial charge in [-0.1, -0.05) is 5.16 Å². The van der Waals surface area contributed by atoms with Gasteiger partial charge in [0.1, 0.15) is 17.0 Å². The Bertz CT molecular complexity index is 1370. The molecule has 33 heavy (non-hydrogen) atoms. The zero-order valence-corrected chi connectivity index (χ0v) is 17.9. The molecule has 0 aromatic carbocycles. The van der Waals surface area contributed by atoms with Crippen LogP contribution < -0.4 is 0 Å². The van der Waals surface area contributed by atoms with Crippen molar-refractivity contribution in [3.05, 3.63) is 36.1 Å². The first-order valence-electron chi connectivity index (χ1n) is 11.5. The van der Waals surface area contributed by atoms with Gasteiger partial charge in [0.15, 0.2) is 0 Å². The maximum absolute atomic E-state index is 13.8. The highest BCUT2D eigenvalue weighted by Gasteiger charge is 2.35. The quantitative estimate of drug-likeness (QED) is 0.350. The Morgan fingerprint density at radius 2 is 1.97 bits per heavy atom. The lowest BCUT2D eigenvalue weighted by Crippen LogP contribution is -2.27. The van der Waals surface area contributed by atoms with Crippen LogP contribution in [0.5, 0.6) is 0 Å². The molecule has 1 aliphatic rings. The van der Waals surface area contributed by atoms with Gasteiger partial charge in [-0.3, -0.25) is 9.67 Å². The molecule has 0 atom stereocenters. The molecule has 7 nitrogen and oxygen atoms in total. The number of aryl methyl sites for hydroxylation is 2. The number of aromatic nitrogens is 6. The minimum Gasteiger partial charge on any atom is -0.361 e. The van der Waals surface area contributed by atoms with Crippen LogP contribution in [0.1, 0.15) is 46.4 Å². The molecule has 0 spiro atoms. The van der Waals surface area contributed by atoms with E-state index in [4.69, 9.17) is 7.26 Å². The lowest BCUT2D eigenvalue weighted by Gasteiger charge is -2.28. The molecule has 1 aliphatic carbocycles. The van der Waals surface area contributed by atoms with Gasteiger partial charge in [0.05, 0.1) is 20.1 Å². The van der Waals surface area contributed by atoms with Gasteiger partial charge in [0.25, 0.3) is 0 Å². The van der Waals surface area contributed by atoms with Gasteiger partial charge in [-0.2, -0.15) is 19.0 Å². The van der Waals surface area contributed by atoms with Crippen LogP contribution in [0.3, 0.4) is 0 Å². The fourth-order valence-corrected chi connectivity index (χ4v) is 4.23. The fraction of sp³-hybridized carbons (Fsp3) is 0.455. The van der Waals surface area contributed by atoms with E-state index in [0.29, 0.717) is 32.8 Å². The van der Waals surface area contributed by atoms with E-state index in [2.05, 4.69) is 20.3 Å². The average Bonchev–Trinajstić information content (AvgIpc) is 3.50. The van der Waals surface area contributed by atoms with Crippen LogP contribution in [-0.4, -0.2) is 35.6 Å². The molecular weight excluding hydrogens is 440 g/mol. The molecule has 4 aromatic heterocycles. The summed E-state index contributed by atoms with van der Waals surface area (Å²) in [4.78, 5) is 4.49. The Morgan fingerprint density at radius 3 is 2.61 bits per heavy atom. The van der Waals surface area contributed by atoms with E-state index >= 15 is 0 Å². The van der Waals surface area contributed by atoms with Gasteiger partial charge >= 0.3 is 6.55 Å². The molecule has 4 aromatic rings. The SMILES string of the molecule is [2H]C([2H])(C1CCC(F)(F)CC1)n1nc(-c2cnn(C(F)F)c2)c2ncc(-c3c(C)noc3C)cc21. The van der Waals surface area contributed by atoms with Crippen molar-refractivity contribution in [3.8, 4) is 22.4 Å². The van der Waals surface area contributed by atoms with Crippen molar-refractivity contribution in [3.63, 3.8) is 0 Å². The smallest absolute Gasteiger partial charge is 0.333 e. The molecule has 174 valence electrons. The predicted octanol–water partition coefficient (Wildman–Crippen LogP) is 5.79. The molecular formula is C22H22F4N6O. The lowest BCUT2D eigenvalue weighted by atomic mass is 9.87. The average molecular weight is 464 g/mol. The second kappa shape index (κ2) is 7.96. The first-order valence-corrected chi connectivity index (χ1v) is 10.5. The minimum absolute atomic E-state index is 0.0169. The maximum atomic E-state index is 13.8. The topological polar surface area (TPSA) is 74.6 Å². The highest BCUT2D eigenvalue weighted by Crippen LogP contribution is 2.38. The monoisotopic (exact) mass is 464 g/mol. The van der Waals surface area contributed by atoms with Crippen molar-refractivity contribution >= 4 is 11.0 Å². The van der Waals surface area contributed by atoms with E-state index in [1.807, 2.05) is 0 Å². The number of alkyl halides is 4. The van der Waals surface area contributed by atoms with E-state index < -0.39 is 37.7 Å². The first kappa shape index (κ1) is 19.2. The normalized spacial score (nSPS) is 18.2. The van der Waals surface area contributed by atoms with Crippen LogP contribution in [0.15, 0.2) is 29.2 Å². The molecule has 0 amide bonds. The summed E-state index contributed by atoms with van der Waals surface area (Å²) in [5, 5.41) is 12.0. The van der Waals surface area contributed by atoms with Gasteiger partial charge in [0.2, 0.25) is 5.92 Å². The van der Waals surface area contributed by atoms with Crippen LogP contribution in [-0.2, 0) is 6.50 Å². The van der Waals surface area contributed by atoms with Crippen molar-refractivity contribution in [1.29, 1.82) is 0 Å². The number of fused-ring (bicyclic) bond motifs is 1. The number of hydrogen-bond acceptors (Lipinski definition) is 5. The van der Waals surface area contributed by atoms with Crippen LogP contribution in [0.25, 0.3) is 33.4 Å². The summed E-state index contributed by atoms with van der Waals surface area (Å²) in [6.45, 7) is -1.49. The van der Waals surface area contributed by atoms with Crippen molar-refractivity contribution in [2.24, 2.45) is 5.92 Å². The van der Waals surface area contributed by atoms with Crippen LogP contribution in [0.2, 0.25) is 0 Å². The van der Waals surface area contributed by atoms with Gasteiger partial charge in [-0.05, 0) is 38.7 Å². The summed E-state index contributed by atoms with van der Waals surface area (Å²) in [6.07, 6.45) is 3.02. The number of halogens is 4. The summed E-state index contributed by atoms with van der Waals surface area (Å²) in [5.74, 6) is -2.98. The molecule has 5 rings (SSSR count). The third-order valence-corrected chi connectivity index (χ3v) is 5.94. The predicted molar refractivity (Wildman–Crippen MR) is 112 cm³/mol. The Hall–Kier alpha value is -3.24. The number of rotatable bonds is 5. The van der Waals surface area contributed by atoms with Gasteiger partial charge < -0.3 is 4.52 Å². The molecule has 0 radical (unpaired) electrons. The lowest BCUT2D eigenvalue weighted by molar-refractivity contribution is -0.0475. The van der Waals surface area contributed by atoms with E-state index in [9.17, 15) is 17.6 Å². The van der Waals surface area contributed by atoms with Crippen LogP contribution >= 0.6 is 0 Å². The molecule has 4 heterocycles. The first-order chi connectivity index (χ1) is 16.5. The molecule has 11 heteroatoms. The van der Waals surface area contributed by atoms with Gasteiger partial charge in [-0.25, -0.2) is 13.5 Å². The van der Waals surface area contributed by atoms with Crippen molar-refractivity contribution in [2.45, 2.75) is 58.5 Å². The summed E-state index contributed by atoms with van der Waals surface area (Å²) in [5.41, 5.74) is 2.89. The highest BCUT2D eigenvalue weighted by molar-refractivity contribution is 5.92. The molecule has 0 aliphatic heterocycles. The molecule has 0 unspecified atom stereocenters. The van der Waals surface area contributed by atoms with Gasteiger partial charge in [-0.15, -0.1) is 0 Å². The maximum Gasteiger partial charge on any atom is 0.333 e. The van der Waals surface area contributed by atoms with Gasteiger partial charge in [0, 0.05) is 48.4 Å². The third kappa shape index (κ3) is 4.00. The zero-order valence-electron chi connectivity index (χ0n) is 19.9. The Labute approximate surface area is 189 Å².